The second-order valence-corrected chi connectivity index (χ2v) is 7.75. The highest BCUT2D eigenvalue weighted by Crippen LogP contribution is 2.31. The summed E-state index contributed by atoms with van der Waals surface area (Å²) in [6, 6.07) is 18.4. The molecule has 6 nitrogen and oxygen atoms in total. The second kappa shape index (κ2) is 8.99. The maximum Gasteiger partial charge on any atom is 0.253 e. The summed E-state index contributed by atoms with van der Waals surface area (Å²) in [5.74, 6) is 0.385. The van der Waals surface area contributed by atoms with Crippen molar-refractivity contribution in [2.24, 2.45) is 5.73 Å². The number of nitrogen functional groups attached to an aromatic ring is 1. The van der Waals surface area contributed by atoms with Crippen molar-refractivity contribution in [1.82, 2.24) is 9.88 Å². The highest BCUT2D eigenvalue weighted by molar-refractivity contribution is 5.96. The molecule has 155 valence electrons. The molecule has 2 heterocycles. The van der Waals surface area contributed by atoms with Gasteiger partial charge in [0.2, 0.25) is 0 Å². The third kappa shape index (κ3) is 4.27. The lowest BCUT2D eigenvalue weighted by molar-refractivity contribution is 0.0713. The number of pyridine rings is 1. The predicted molar refractivity (Wildman–Crippen MR) is 120 cm³/mol. The van der Waals surface area contributed by atoms with Gasteiger partial charge in [-0.25, -0.2) is 0 Å². The molecular weight excluding hydrogens is 386 g/mol. The van der Waals surface area contributed by atoms with Crippen LogP contribution in [0.3, 0.4) is 0 Å². The van der Waals surface area contributed by atoms with Crippen LogP contribution < -0.4 is 11.5 Å². The van der Waals surface area contributed by atoms with E-state index in [4.69, 9.17) is 16.7 Å². The fourth-order valence-electron chi connectivity index (χ4n) is 4.12. The van der Waals surface area contributed by atoms with E-state index in [1.165, 1.54) is 5.56 Å². The SMILES string of the molecule is N#Cc1ccc(C2CCN(C(=O)c3c[c]c(CN)c(-c4cnccc4N)c3)CC2)cc1. The van der Waals surface area contributed by atoms with E-state index >= 15 is 0 Å². The molecule has 0 bridgehead atoms. The second-order valence-electron chi connectivity index (χ2n) is 7.75. The maximum absolute atomic E-state index is 13.2. The number of aromatic nitrogens is 1. The number of rotatable bonds is 4. The molecule has 2 aromatic carbocycles. The number of likely N-dealkylation sites (tertiary alicyclic amines) is 1. The van der Waals surface area contributed by atoms with Crippen LogP contribution in [-0.2, 0) is 6.54 Å². The maximum atomic E-state index is 13.2. The first-order valence-corrected chi connectivity index (χ1v) is 10.3. The van der Waals surface area contributed by atoms with Gasteiger partial charge in [-0.15, -0.1) is 0 Å². The minimum atomic E-state index is -0.0122. The van der Waals surface area contributed by atoms with Crippen LogP contribution in [-0.4, -0.2) is 28.9 Å². The Hall–Kier alpha value is -3.69. The van der Waals surface area contributed by atoms with Gasteiger partial charge in [0.15, 0.2) is 0 Å². The molecular formula is C25H24N5O. The Morgan fingerprint density at radius 1 is 1.19 bits per heavy atom. The minimum absolute atomic E-state index is 0.0122. The van der Waals surface area contributed by atoms with Crippen molar-refractivity contribution >= 4 is 11.6 Å². The Morgan fingerprint density at radius 2 is 1.94 bits per heavy atom. The van der Waals surface area contributed by atoms with E-state index in [0.717, 1.165) is 29.5 Å². The van der Waals surface area contributed by atoms with E-state index in [-0.39, 0.29) is 5.91 Å². The zero-order valence-electron chi connectivity index (χ0n) is 17.2. The van der Waals surface area contributed by atoms with Crippen LogP contribution in [0.4, 0.5) is 5.69 Å². The van der Waals surface area contributed by atoms with Crippen LogP contribution in [0.25, 0.3) is 11.1 Å². The van der Waals surface area contributed by atoms with Crippen LogP contribution in [0.5, 0.6) is 0 Å². The van der Waals surface area contributed by atoms with Crippen molar-refractivity contribution in [2.75, 3.05) is 18.8 Å². The summed E-state index contributed by atoms with van der Waals surface area (Å²) in [4.78, 5) is 19.2. The molecule has 1 aliphatic heterocycles. The number of hydrogen-bond acceptors (Lipinski definition) is 5. The number of carbonyl (C=O) groups is 1. The van der Waals surface area contributed by atoms with E-state index < -0.39 is 0 Å². The normalized spacial score (nSPS) is 14.3. The first-order valence-electron chi connectivity index (χ1n) is 10.3. The van der Waals surface area contributed by atoms with Crippen molar-refractivity contribution in [2.45, 2.75) is 25.3 Å². The number of carbonyl (C=O) groups excluding carboxylic acids is 1. The van der Waals surface area contributed by atoms with Gasteiger partial charge in [-0.05, 0) is 71.8 Å². The van der Waals surface area contributed by atoms with E-state index in [1.807, 2.05) is 35.2 Å². The lowest BCUT2D eigenvalue weighted by Gasteiger charge is -2.32. The van der Waals surface area contributed by atoms with Crippen LogP contribution in [0.2, 0.25) is 0 Å². The predicted octanol–water partition coefficient (Wildman–Crippen LogP) is 3.48. The molecule has 1 fully saturated rings. The average Bonchev–Trinajstić information content (AvgIpc) is 2.83. The van der Waals surface area contributed by atoms with E-state index in [9.17, 15) is 4.79 Å². The third-order valence-corrected chi connectivity index (χ3v) is 5.92. The Kier molecular flexibility index (Phi) is 5.96. The highest BCUT2D eigenvalue weighted by Gasteiger charge is 2.25. The van der Waals surface area contributed by atoms with Crippen molar-refractivity contribution in [3.8, 4) is 17.2 Å². The summed E-state index contributed by atoms with van der Waals surface area (Å²) in [7, 11) is 0. The number of amides is 1. The molecule has 1 aliphatic rings. The quantitative estimate of drug-likeness (QED) is 0.684. The molecule has 1 radical (unpaired) electrons. The van der Waals surface area contributed by atoms with Crippen molar-refractivity contribution < 1.29 is 4.79 Å². The van der Waals surface area contributed by atoms with Gasteiger partial charge in [0, 0.05) is 48.8 Å². The van der Waals surface area contributed by atoms with Crippen LogP contribution >= 0.6 is 0 Å². The molecule has 0 aliphatic carbocycles. The molecule has 4 N–H and O–H groups in total. The fourth-order valence-corrected chi connectivity index (χ4v) is 4.12. The molecule has 1 saturated heterocycles. The number of benzene rings is 2. The molecule has 1 amide bonds. The average molecular weight is 411 g/mol. The number of nitrogens with zero attached hydrogens (tertiary/aromatic N) is 3. The number of nitriles is 1. The largest absolute Gasteiger partial charge is 0.398 e. The van der Waals surface area contributed by atoms with Crippen LogP contribution in [0.15, 0.2) is 54.9 Å². The molecule has 1 aromatic heterocycles. The molecule has 31 heavy (non-hydrogen) atoms. The molecule has 0 unspecified atom stereocenters. The van der Waals surface area contributed by atoms with Gasteiger partial charge in [-0.1, -0.05) is 12.1 Å². The Balaban J connectivity index is 1.51. The summed E-state index contributed by atoms with van der Waals surface area (Å²) >= 11 is 0. The Morgan fingerprint density at radius 3 is 2.58 bits per heavy atom. The summed E-state index contributed by atoms with van der Waals surface area (Å²) in [6.07, 6.45) is 5.11. The van der Waals surface area contributed by atoms with Gasteiger partial charge < -0.3 is 16.4 Å². The van der Waals surface area contributed by atoms with Crippen LogP contribution in [0, 0.1) is 17.4 Å². The lowest BCUT2D eigenvalue weighted by atomic mass is 9.88. The summed E-state index contributed by atoms with van der Waals surface area (Å²) in [5, 5.41) is 8.97. The van der Waals surface area contributed by atoms with Gasteiger partial charge in [-0.2, -0.15) is 5.26 Å². The van der Waals surface area contributed by atoms with Gasteiger partial charge in [0.1, 0.15) is 0 Å². The zero-order valence-corrected chi connectivity index (χ0v) is 17.2. The van der Waals surface area contributed by atoms with Gasteiger partial charge in [-0.3, -0.25) is 9.78 Å². The molecule has 0 atom stereocenters. The van der Waals surface area contributed by atoms with Crippen molar-refractivity contribution in [3.05, 3.63) is 83.2 Å². The van der Waals surface area contributed by atoms with Crippen molar-refractivity contribution in [3.63, 3.8) is 0 Å². The lowest BCUT2D eigenvalue weighted by Crippen LogP contribution is -2.38. The first kappa shape index (κ1) is 20.6. The summed E-state index contributed by atoms with van der Waals surface area (Å²) in [6.45, 7) is 1.67. The summed E-state index contributed by atoms with van der Waals surface area (Å²) in [5.41, 5.74) is 17.4. The van der Waals surface area contributed by atoms with Crippen LogP contribution in [0.1, 0.15) is 45.8 Å². The smallest absolute Gasteiger partial charge is 0.253 e. The standard InChI is InChI=1S/C25H24N5O/c26-14-17-1-3-18(4-2-17)19-8-11-30(12-9-19)25(31)20-5-6-21(15-27)22(13-20)23-16-29-10-7-24(23)28/h1-5,7,10,13,16,19H,8-9,11-12,15,27H2,(H2,28,29). The molecule has 3 aromatic rings. The summed E-state index contributed by atoms with van der Waals surface area (Å²) < 4.78 is 0. The molecule has 0 saturated carbocycles. The third-order valence-electron chi connectivity index (χ3n) is 5.92. The van der Waals surface area contributed by atoms with E-state index in [0.29, 0.717) is 42.4 Å². The zero-order chi connectivity index (χ0) is 21.8. The van der Waals surface area contributed by atoms with Crippen molar-refractivity contribution in [1.29, 1.82) is 5.26 Å². The molecule has 0 spiro atoms. The number of hydrogen-bond donors (Lipinski definition) is 2. The highest BCUT2D eigenvalue weighted by atomic mass is 16.2. The van der Waals surface area contributed by atoms with Gasteiger partial charge in [0.25, 0.3) is 5.91 Å². The Labute approximate surface area is 182 Å². The van der Waals surface area contributed by atoms with Gasteiger partial charge in [0.05, 0.1) is 11.6 Å². The van der Waals surface area contributed by atoms with E-state index in [2.05, 4.69) is 17.1 Å². The number of nitrogens with two attached hydrogens (primary N) is 2. The van der Waals surface area contributed by atoms with Gasteiger partial charge >= 0.3 is 0 Å². The van der Waals surface area contributed by atoms with E-state index in [1.54, 1.807) is 24.5 Å². The monoisotopic (exact) mass is 410 g/mol. The topological polar surface area (TPSA) is 109 Å². The number of piperidine rings is 1. The number of anilines is 1. The minimum Gasteiger partial charge on any atom is -0.398 e. The fraction of sp³-hybridized carbons (Fsp3) is 0.240. The molecule has 4 rings (SSSR count). The molecule has 6 heteroatoms. The Bertz CT molecular complexity index is 1130. The first-order chi connectivity index (χ1) is 15.1.